The van der Waals surface area contributed by atoms with Crippen LogP contribution < -0.4 is 10.5 Å². The molecule has 0 saturated carbocycles. The van der Waals surface area contributed by atoms with Gasteiger partial charge in [-0.3, -0.25) is 4.79 Å². The van der Waals surface area contributed by atoms with Crippen LogP contribution in [0.25, 0.3) is 0 Å². The van der Waals surface area contributed by atoms with Crippen LogP contribution in [0.3, 0.4) is 0 Å². The van der Waals surface area contributed by atoms with Crippen molar-refractivity contribution in [3.05, 3.63) is 59.7 Å². The number of anilines is 1. The molecule has 0 aliphatic carbocycles. The van der Waals surface area contributed by atoms with E-state index in [4.69, 9.17) is 10.3 Å². The summed E-state index contributed by atoms with van der Waals surface area (Å²) in [7, 11) is -3.83. The van der Waals surface area contributed by atoms with Crippen molar-refractivity contribution in [1.29, 1.82) is 0 Å². The summed E-state index contributed by atoms with van der Waals surface area (Å²) in [5.41, 5.74) is 1.32. The lowest BCUT2D eigenvalue weighted by Crippen LogP contribution is -2.14. The zero-order valence-electron chi connectivity index (χ0n) is 11.3. The Morgan fingerprint density at radius 3 is 2.45 bits per heavy atom. The third-order valence-electron chi connectivity index (χ3n) is 2.80. The van der Waals surface area contributed by atoms with Crippen LogP contribution in [0.5, 0.6) is 0 Å². The average molecular weight is 319 g/mol. The van der Waals surface area contributed by atoms with E-state index < -0.39 is 15.9 Å². The fourth-order valence-corrected chi connectivity index (χ4v) is 2.30. The van der Waals surface area contributed by atoms with Gasteiger partial charge in [-0.15, -0.1) is 0 Å². The Bertz CT molecular complexity index is 814. The van der Waals surface area contributed by atoms with E-state index in [1.54, 1.807) is 30.3 Å². The van der Waals surface area contributed by atoms with Crippen LogP contribution >= 0.6 is 0 Å². The van der Waals surface area contributed by atoms with Crippen molar-refractivity contribution in [3.8, 4) is 0 Å². The quantitative estimate of drug-likeness (QED) is 0.448. The van der Waals surface area contributed by atoms with Crippen molar-refractivity contribution < 1.29 is 18.4 Å². The second-order valence-electron chi connectivity index (χ2n) is 4.39. The molecule has 0 aliphatic rings. The highest BCUT2D eigenvalue weighted by Gasteiger charge is 2.10. The van der Waals surface area contributed by atoms with Crippen LogP contribution in [-0.4, -0.2) is 25.7 Å². The van der Waals surface area contributed by atoms with Gasteiger partial charge >= 0.3 is 0 Å². The lowest BCUT2D eigenvalue weighted by molar-refractivity contribution is 0.102. The number of nitrogens with two attached hydrogens (primary N) is 1. The first-order valence-corrected chi connectivity index (χ1v) is 7.66. The molecule has 0 heterocycles. The number of benzene rings is 2. The van der Waals surface area contributed by atoms with Crippen molar-refractivity contribution in [2.45, 2.75) is 4.90 Å². The largest absolute Gasteiger partial charge is 0.411 e. The third kappa shape index (κ3) is 3.90. The molecule has 2 rings (SSSR count). The first kappa shape index (κ1) is 15.7. The monoisotopic (exact) mass is 319 g/mol. The van der Waals surface area contributed by atoms with Gasteiger partial charge in [0.15, 0.2) is 0 Å². The van der Waals surface area contributed by atoms with Crippen molar-refractivity contribution in [3.63, 3.8) is 0 Å². The third-order valence-corrected chi connectivity index (χ3v) is 3.71. The Hall–Kier alpha value is -2.71. The molecule has 8 heteroatoms. The highest BCUT2D eigenvalue weighted by Crippen LogP contribution is 2.15. The van der Waals surface area contributed by atoms with E-state index in [2.05, 4.69) is 10.5 Å². The summed E-state index contributed by atoms with van der Waals surface area (Å²) >= 11 is 0. The molecule has 22 heavy (non-hydrogen) atoms. The molecule has 0 unspecified atom stereocenters. The molecule has 0 fully saturated rings. The van der Waals surface area contributed by atoms with Gasteiger partial charge in [0.2, 0.25) is 10.0 Å². The number of oxime groups is 1. The van der Waals surface area contributed by atoms with Gasteiger partial charge in [0.05, 0.1) is 11.1 Å². The van der Waals surface area contributed by atoms with Gasteiger partial charge in [-0.2, -0.15) is 0 Å². The average Bonchev–Trinajstić information content (AvgIpc) is 2.48. The number of hydrogen-bond acceptors (Lipinski definition) is 5. The van der Waals surface area contributed by atoms with Crippen LogP contribution in [0, 0.1) is 0 Å². The molecular formula is C14H13N3O4S. The van der Waals surface area contributed by atoms with Crippen molar-refractivity contribution in [2.24, 2.45) is 10.3 Å². The number of amides is 1. The Morgan fingerprint density at radius 1 is 1.18 bits per heavy atom. The van der Waals surface area contributed by atoms with E-state index in [0.717, 1.165) is 0 Å². The number of rotatable bonds is 4. The smallest absolute Gasteiger partial charge is 0.255 e. The fourth-order valence-electron chi connectivity index (χ4n) is 1.74. The number of sulfonamides is 1. The molecule has 7 nitrogen and oxygen atoms in total. The molecule has 114 valence electrons. The van der Waals surface area contributed by atoms with Gasteiger partial charge in [0.1, 0.15) is 0 Å². The van der Waals surface area contributed by atoms with Gasteiger partial charge in [0, 0.05) is 11.3 Å². The van der Waals surface area contributed by atoms with E-state index in [9.17, 15) is 13.2 Å². The molecule has 0 radical (unpaired) electrons. The standard InChI is InChI=1S/C14H13N3O4S/c15-22(20,21)13-3-1-2-12(8-13)17-14(18)11-6-4-10(5-7-11)9-16-19/h1-9,19H,(H,17,18)(H2,15,20,21)/b16-9+. The summed E-state index contributed by atoms with van der Waals surface area (Å²) in [6.45, 7) is 0. The van der Waals surface area contributed by atoms with Gasteiger partial charge in [-0.25, -0.2) is 13.6 Å². The minimum absolute atomic E-state index is 0.0835. The zero-order valence-corrected chi connectivity index (χ0v) is 12.1. The minimum Gasteiger partial charge on any atom is -0.411 e. The molecule has 2 aromatic rings. The Morgan fingerprint density at radius 2 is 1.86 bits per heavy atom. The molecule has 0 atom stereocenters. The molecule has 0 spiro atoms. The molecular weight excluding hydrogens is 306 g/mol. The van der Waals surface area contributed by atoms with Crippen molar-refractivity contribution in [2.75, 3.05) is 5.32 Å². The topological polar surface area (TPSA) is 122 Å². The second kappa shape index (κ2) is 6.37. The Labute approximate surface area is 127 Å². The predicted octanol–water partition coefficient (Wildman–Crippen LogP) is 1.39. The molecule has 0 aromatic heterocycles. The Kier molecular flexibility index (Phi) is 4.54. The maximum absolute atomic E-state index is 12.1. The summed E-state index contributed by atoms with van der Waals surface area (Å²) in [5.74, 6) is -0.404. The summed E-state index contributed by atoms with van der Waals surface area (Å²) in [6.07, 6.45) is 1.23. The normalized spacial score (nSPS) is 11.5. The van der Waals surface area contributed by atoms with Crippen LogP contribution in [0.4, 0.5) is 5.69 Å². The number of nitrogens with zero attached hydrogens (tertiary/aromatic N) is 1. The van der Waals surface area contributed by atoms with E-state index in [1.807, 2.05) is 0 Å². The lowest BCUT2D eigenvalue weighted by Gasteiger charge is -2.07. The molecule has 0 bridgehead atoms. The molecule has 0 saturated heterocycles. The molecule has 4 N–H and O–H groups in total. The summed E-state index contributed by atoms with van der Waals surface area (Å²) in [5, 5.41) is 18.9. The van der Waals surface area contributed by atoms with E-state index in [0.29, 0.717) is 16.8 Å². The number of nitrogens with one attached hydrogen (secondary N) is 1. The highest BCUT2D eigenvalue weighted by atomic mass is 32.2. The first-order chi connectivity index (χ1) is 10.4. The number of hydrogen-bond donors (Lipinski definition) is 3. The minimum atomic E-state index is -3.83. The van der Waals surface area contributed by atoms with Crippen molar-refractivity contribution in [1.82, 2.24) is 0 Å². The van der Waals surface area contributed by atoms with Crippen LogP contribution in [0.1, 0.15) is 15.9 Å². The maximum atomic E-state index is 12.1. The van der Waals surface area contributed by atoms with E-state index in [-0.39, 0.29) is 4.90 Å². The maximum Gasteiger partial charge on any atom is 0.255 e. The van der Waals surface area contributed by atoms with Crippen LogP contribution in [0.2, 0.25) is 0 Å². The van der Waals surface area contributed by atoms with Crippen molar-refractivity contribution >= 4 is 27.8 Å². The van der Waals surface area contributed by atoms with Gasteiger partial charge < -0.3 is 10.5 Å². The van der Waals surface area contributed by atoms with Crippen LogP contribution in [-0.2, 0) is 10.0 Å². The first-order valence-electron chi connectivity index (χ1n) is 6.12. The lowest BCUT2D eigenvalue weighted by atomic mass is 10.1. The van der Waals surface area contributed by atoms with E-state index >= 15 is 0 Å². The predicted molar refractivity (Wildman–Crippen MR) is 81.6 cm³/mol. The summed E-state index contributed by atoms with van der Waals surface area (Å²) < 4.78 is 22.5. The zero-order chi connectivity index (χ0) is 16.2. The van der Waals surface area contributed by atoms with Crippen LogP contribution in [0.15, 0.2) is 58.6 Å². The van der Waals surface area contributed by atoms with Gasteiger partial charge in [-0.05, 0) is 35.9 Å². The van der Waals surface area contributed by atoms with Gasteiger partial charge in [-0.1, -0.05) is 23.4 Å². The molecule has 2 aromatic carbocycles. The fraction of sp³-hybridized carbons (Fsp3) is 0. The number of primary sulfonamides is 1. The second-order valence-corrected chi connectivity index (χ2v) is 5.95. The Balaban J connectivity index is 2.18. The SMILES string of the molecule is NS(=O)(=O)c1cccc(NC(=O)c2ccc(/C=N/O)cc2)c1. The molecule has 1 amide bonds. The van der Waals surface area contributed by atoms with E-state index in [1.165, 1.54) is 24.4 Å². The molecule has 0 aliphatic heterocycles. The number of carbonyl (C=O) groups excluding carboxylic acids is 1. The summed E-state index contributed by atoms with van der Waals surface area (Å²) in [6, 6.07) is 12.0. The highest BCUT2D eigenvalue weighted by molar-refractivity contribution is 7.89. The summed E-state index contributed by atoms with van der Waals surface area (Å²) in [4.78, 5) is 12.0. The number of carbonyl (C=O) groups is 1. The van der Waals surface area contributed by atoms with Gasteiger partial charge in [0.25, 0.3) is 5.91 Å².